The van der Waals surface area contributed by atoms with Crippen LogP contribution in [0.3, 0.4) is 0 Å². The monoisotopic (exact) mass is 390 g/mol. The van der Waals surface area contributed by atoms with Crippen LogP contribution < -0.4 is 0 Å². The molecule has 2 aromatic rings. The van der Waals surface area contributed by atoms with Crippen LogP contribution in [0.1, 0.15) is 38.6 Å². The minimum Gasteiger partial charge on any atom is -0.331 e. The molecule has 0 amide bonds. The van der Waals surface area contributed by atoms with E-state index in [4.69, 9.17) is 12.2 Å². The molecule has 0 spiro atoms. The van der Waals surface area contributed by atoms with Gasteiger partial charge in [-0.25, -0.2) is 4.39 Å². The van der Waals surface area contributed by atoms with Crippen molar-refractivity contribution >= 4 is 45.8 Å². The molecule has 1 saturated carbocycles. The maximum Gasteiger partial charge on any atom is 0.178 e. The van der Waals surface area contributed by atoms with Crippen LogP contribution in [0.25, 0.3) is 11.0 Å². The number of nitrogens with zero attached hydrogens (tertiary/aromatic N) is 1. The summed E-state index contributed by atoms with van der Waals surface area (Å²) in [6.07, 6.45) is 5.11. The topological polar surface area (TPSA) is 20.7 Å². The van der Waals surface area contributed by atoms with E-state index in [0.717, 1.165) is 11.0 Å². The van der Waals surface area contributed by atoms with Gasteiger partial charge in [-0.15, -0.1) is 0 Å². The van der Waals surface area contributed by atoms with Crippen molar-refractivity contribution in [1.82, 2.24) is 9.55 Å². The van der Waals surface area contributed by atoms with Crippen molar-refractivity contribution in [3.63, 3.8) is 0 Å². The Hall–Kier alpha value is -0.430. The number of hydrogen-bond donors (Lipinski definition) is 1. The lowest BCUT2D eigenvalue weighted by Crippen LogP contribution is -2.14. The Balaban J connectivity index is 2.14. The maximum atomic E-state index is 13.8. The molecule has 2 nitrogen and oxygen atoms in total. The summed E-state index contributed by atoms with van der Waals surface area (Å²) in [4.78, 5) is 3.21. The molecule has 0 radical (unpaired) electrons. The molecule has 1 heterocycles. The number of rotatable bonds is 2. The molecule has 1 aliphatic carbocycles. The average molecular weight is 390 g/mol. The molecule has 1 aromatic heterocycles. The summed E-state index contributed by atoms with van der Waals surface area (Å²) in [6, 6.07) is 3.77. The molecule has 1 aliphatic rings. The van der Waals surface area contributed by atoms with Crippen LogP contribution in [0.2, 0.25) is 0 Å². The van der Waals surface area contributed by atoms with Crippen LogP contribution in [0, 0.1) is 20.1 Å². The summed E-state index contributed by atoms with van der Waals surface area (Å²) in [5.74, 6) is 0.488. The molecule has 19 heavy (non-hydrogen) atoms. The molecular weight excluding hydrogens is 374 g/mol. The van der Waals surface area contributed by atoms with Crippen molar-refractivity contribution in [1.29, 1.82) is 0 Å². The van der Waals surface area contributed by atoms with Crippen molar-refractivity contribution in [3.8, 4) is 0 Å². The highest BCUT2D eigenvalue weighted by atomic mass is 127. The van der Waals surface area contributed by atoms with Gasteiger partial charge in [-0.1, -0.05) is 12.8 Å². The predicted octanol–water partition coefficient (Wildman–Crippen LogP) is 5.19. The predicted molar refractivity (Wildman–Crippen MR) is 86.5 cm³/mol. The molecule has 1 fully saturated rings. The third-order valence-corrected chi connectivity index (χ3v) is 5.37. The van der Waals surface area contributed by atoms with E-state index in [1.54, 1.807) is 6.07 Å². The molecule has 1 N–H and O–H groups in total. The summed E-state index contributed by atoms with van der Waals surface area (Å²) in [6.45, 7) is 2.20. The van der Waals surface area contributed by atoms with E-state index in [-0.39, 0.29) is 5.82 Å². The van der Waals surface area contributed by atoms with E-state index < -0.39 is 0 Å². The van der Waals surface area contributed by atoms with Gasteiger partial charge in [-0.3, -0.25) is 0 Å². The Morgan fingerprint density at radius 2 is 2.11 bits per heavy atom. The van der Waals surface area contributed by atoms with Gasteiger partial charge in [0.05, 0.1) is 14.6 Å². The van der Waals surface area contributed by atoms with Gasteiger partial charge in [0.1, 0.15) is 5.82 Å². The normalized spacial score (nSPS) is 18.3. The molecule has 5 heteroatoms. The first-order valence-corrected chi connectivity index (χ1v) is 8.16. The van der Waals surface area contributed by atoms with Gasteiger partial charge in [0.2, 0.25) is 0 Å². The second-order valence-electron chi connectivity index (χ2n) is 5.37. The maximum absolute atomic E-state index is 13.8. The third-order valence-electron chi connectivity index (χ3n) is 4.25. The number of halogens is 2. The summed E-state index contributed by atoms with van der Waals surface area (Å²) in [5, 5.41) is 0. The average Bonchev–Trinajstić information content (AvgIpc) is 2.97. The van der Waals surface area contributed by atoms with Gasteiger partial charge in [0.25, 0.3) is 0 Å². The second kappa shape index (κ2) is 5.16. The fraction of sp³-hybridized carbons (Fsp3) is 0.500. The molecule has 102 valence electrons. The molecular formula is C14H16FIN2S. The van der Waals surface area contributed by atoms with Crippen LogP contribution >= 0.6 is 34.8 Å². The van der Waals surface area contributed by atoms with Gasteiger partial charge in [-0.2, -0.15) is 0 Å². The summed E-state index contributed by atoms with van der Waals surface area (Å²) in [5.41, 5.74) is 1.82. The molecule has 1 aromatic carbocycles. The Kier molecular flexibility index (Phi) is 3.68. The summed E-state index contributed by atoms with van der Waals surface area (Å²) >= 11 is 7.44. The number of aromatic nitrogens is 2. The first kappa shape index (κ1) is 13.5. The number of fused-ring (bicyclic) bond motifs is 1. The standard InChI is InChI=1S/C14H16FIN2S/c1-8(9-4-2-3-5-9)18-13-6-10(15)11(16)7-12(13)17-14(18)19/h6-9H,2-5H2,1H3,(H,17,19). The minimum absolute atomic E-state index is 0.172. The Morgan fingerprint density at radius 3 is 2.79 bits per heavy atom. The van der Waals surface area contributed by atoms with E-state index in [2.05, 4.69) is 16.5 Å². The number of imidazole rings is 1. The number of H-pyrrole nitrogens is 1. The zero-order valence-corrected chi connectivity index (χ0v) is 13.7. The van der Waals surface area contributed by atoms with Crippen LogP contribution in [-0.4, -0.2) is 9.55 Å². The van der Waals surface area contributed by atoms with E-state index in [9.17, 15) is 4.39 Å². The highest BCUT2D eigenvalue weighted by Gasteiger charge is 2.24. The van der Waals surface area contributed by atoms with Gasteiger partial charge < -0.3 is 9.55 Å². The van der Waals surface area contributed by atoms with Crippen LogP contribution in [0.4, 0.5) is 4.39 Å². The fourth-order valence-corrected chi connectivity index (χ4v) is 4.02. The second-order valence-corrected chi connectivity index (χ2v) is 6.92. The van der Waals surface area contributed by atoms with Crippen LogP contribution in [0.15, 0.2) is 12.1 Å². The van der Waals surface area contributed by atoms with E-state index >= 15 is 0 Å². The summed E-state index contributed by atoms with van der Waals surface area (Å²) in [7, 11) is 0. The SMILES string of the molecule is CC(C1CCCC1)n1c(=S)[nH]c2cc(I)c(F)cc21. The van der Waals surface area contributed by atoms with Crippen molar-refractivity contribution < 1.29 is 4.39 Å². The molecule has 1 atom stereocenters. The van der Waals surface area contributed by atoms with E-state index in [1.807, 2.05) is 28.7 Å². The highest BCUT2D eigenvalue weighted by molar-refractivity contribution is 14.1. The van der Waals surface area contributed by atoms with Gasteiger partial charge in [-0.05, 0) is 66.6 Å². The largest absolute Gasteiger partial charge is 0.331 e. The van der Waals surface area contributed by atoms with E-state index in [0.29, 0.717) is 20.3 Å². The van der Waals surface area contributed by atoms with E-state index in [1.165, 1.54) is 25.7 Å². The summed E-state index contributed by atoms with van der Waals surface area (Å²) < 4.78 is 17.2. The number of hydrogen-bond acceptors (Lipinski definition) is 1. The fourth-order valence-electron chi connectivity index (χ4n) is 3.18. The molecule has 0 saturated heterocycles. The Labute approximate surface area is 130 Å². The highest BCUT2D eigenvalue weighted by Crippen LogP contribution is 2.36. The Morgan fingerprint density at radius 1 is 1.42 bits per heavy atom. The third kappa shape index (κ3) is 2.35. The first-order chi connectivity index (χ1) is 9.08. The lowest BCUT2D eigenvalue weighted by atomic mass is 9.99. The Bertz CT molecular complexity index is 670. The lowest BCUT2D eigenvalue weighted by Gasteiger charge is -2.21. The first-order valence-electron chi connectivity index (χ1n) is 6.67. The number of nitrogens with one attached hydrogen (secondary N) is 1. The van der Waals surface area contributed by atoms with Crippen molar-refractivity contribution in [2.75, 3.05) is 0 Å². The van der Waals surface area contributed by atoms with Gasteiger partial charge in [0.15, 0.2) is 4.77 Å². The van der Waals surface area contributed by atoms with Crippen molar-refractivity contribution in [3.05, 3.63) is 26.3 Å². The number of aromatic amines is 1. The van der Waals surface area contributed by atoms with Gasteiger partial charge in [0, 0.05) is 12.1 Å². The molecule has 0 aliphatic heterocycles. The zero-order chi connectivity index (χ0) is 13.6. The molecule has 0 bridgehead atoms. The van der Waals surface area contributed by atoms with Crippen molar-refractivity contribution in [2.24, 2.45) is 5.92 Å². The smallest absolute Gasteiger partial charge is 0.178 e. The van der Waals surface area contributed by atoms with Crippen LogP contribution in [-0.2, 0) is 0 Å². The zero-order valence-electron chi connectivity index (χ0n) is 10.7. The molecule has 3 rings (SSSR count). The van der Waals surface area contributed by atoms with Crippen LogP contribution in [0.5, 0.6) is 0 Å². The molecule has 1 unspecified atom stereocenters. The number of benzene rings is 1. The van der Waals surface area contributed by atoms with Gasteiger partial charge >= 0.3 is 0 Å². The minimum atomic E-state index is -0.172. The van der Waals surface area contributed by atoms with Crippen molar-refractivity contribution in [2.45, 2.75) is 38.6 Å². The quantitative estimate of drug-likeness (QED) is 0.553. The lowest BCUT2D eigenvalue weighted by molar-refractivity contribution is 0.365.